The SMILES string of the molecule is Cn1cc(C(=O)NCC(=O)OC(C)(C)C)c2ccccc21. The van der Waals surface area contributed by atoms with Gasteiger partial charge in [0.15, 0.2) is 0 Å². The second-order valence-corrected chi connectivity index (χ2v) is 5.94. The van der Waals surface area contributed by atoms with Gasteiger partial charge in [0.2, 0.25) is 0 Å². The van der Waals surface area contributed by atoms with Gasteiger partial charge in [0.05, 0.1) is 5.56 Å². The average Bonchev–Trinajstić information content (AvgIpc) is 2.72. The highest BCUT2D eigenvalue weighted by Crippen LogP contribution is 2.20. The molecule has 0 spiro atoms. The molecule has 1 amide bonds. The van der Waals surface area contributed by atoms with E-state index in [-0.39, 0.29) is 12.5 Å². The van der Waals surface area contributed by atoms with Crippen molar-refractivity contribution < 1.29 is 14.3 Å². The number of carbonyl (C=O) groups is 2. The van der Waals surface area contributed by atoms with Crippen molar-refractivity contribution in [3.8, 4) is 0 Å². The summed E-state index contributed by atoms with van der Waals surface area (Å²) < 4.78 is 7.04. The quantitative estimate of drug-likeness (QED) is 0.881. The van der Waals surface area contributed by atoms with Crippen molar-refractivity contribution in [3.63, 3.8) is 0 Å². The molecule has 5 nitrogen and oxygen atoms in total. The Bertz CT molecular complexity index is 680. The number of fused-ring (bicyclic) bond motifs is 1. The molecule has 1 aromatic carbocycles. The molecule has 1 heterocycles. The van der Waals surface area contributed by atoms with Gasteiger partial charge >= 0.3 is 5.97 Å². The van der Waals surface area contributed by atoms with Crippen LogP contribution in [0.25, 0.3) is 10.9 Å². The number of aromatic nitrogens is 1. The van der Waals surface area contributed by atoms with Crippen molar-refractivity contribution in [1.82, 2.24) is 9.88 Å². The molecule has 0 aliphatic rings. The summed E-state index contributed by atoms with van der Waals surface area (Å²) in [5.41, 5.74) is 0.970. The smallest absolute Gasteiger partial charge is 0.325 e. The third-order valence-electron chi connectivity index (χ3n) is 2.95. The van der Waals surface area contributed by atoms with Crippen LogP contribution in [0.2, 0.25) is 0 Å². The van der Waals surface area contributed by atoms with Gasteiger partial charge in [-0.05, 0) is 26.8 Å². The first kappa shape index (κ1) is 15.1. The lowest BCUT2D eigenvalue weighted by Crippen LogP contribution is -2.34. The highest BCUT2D eigenvalue weighted by Gasteiger charge is 2.18. The Labute approximate surface area is 123 Å². The maximum Gasteiger partial charge on any atom is 0.325 e. The van der Waals surface area contributed by atoms with E-state index in [9.17, 15) is 9.59 Å². The first-order valence-electron chi connectivity index (χ1n) is 6.82. The summed E-state index contributed by atoms with van der Waals surface area (Å²) >= 11 is 0. The number of hydrogen-bond acceptors (Lipinski definition) is 3. The van der Waals surface area contributed by atoms with Crippen LogP contribution >= 0.6 is 0 Å². The number of hydrogen-bond donors (Lipinski definition) is 1. The summed E-state index contributed by atoms with van der Waals surface area (Å²) in [6, 6.07) is 7.63. The maximum absolute atomic E-state index is 12.2. The zero-order valence-electron chi connectivity index (χ0n) is 12.8. The van der Waals surface area contributed by atoms with E-state index < -0.39 is 11.6 Å². The first-order chi connectivity index (χ1) is 9.78. The fourth-order valence-electron chi connectivity index (χ4n) is 2.15. The summed E-state index contributed by atoms with van der Waals surface area (Å²) in [7, 11) is 1.88. The molecule has 21 heavy (non-hydrogen) atoms. The lowest BCUT2D eigenvalue weighted by molar-refractivity contribution is -0.153. The highest BCUT2D eigenvalue weighted by atomic mass is 16.6. The molecule has 0 radical (unpaired) electrons. The molecule has 2 rings (SSSR count). The van der Waals surface area contributed by atoms with Crippen LogP contribution < -0.4 is 5.32 Å². The van der Waals surface area contributed by atoms with Gasteiger partial charge in [0, 0.05) is 24.1 Å². The van der Waals surface area contributed by atoms with Gasteiger partial charge in [-0.1, -0.05) is 18.2 Å². The first-order valence-corrected chi connectivity index (χ1v) is 6.82. The molecule has 5 heteroatoms. The predicted molar refractivity (Wildman–Crippen MR) is 81.1 cm³/mol. The van der Waals surface area contributed by atoms with E-state index in [1.54, 1.807) is 27.0 Å². The summed E-state index contributed by atoms with van der Waals surface area (Å²) in [6.45, 7) is 5.23. The second-order valence-electron chi connectivity index (χ2n) is 5.94. The Kier molecular flexibility index (Phi) is 4.02. The Morgan fingerprint density at radius 3 is 2.57 bits per heavy atom. The van der Waals surface area contributed by atoms with E-state index >= 15 is 0 Å². The highest BCUT2D eigenvalue weighted by molar-refractivity contribution is 6.07. The minimum atomic E-state index is -0.554. The minimum absolute atomic E-state index is 0.140. The van der Waals surface area contributed by atoms with Crippen LogP contribution in [-0.4, -0.2) is 28.6 Å². The summed E-state index contributed by atoms with van der Waals surface area (Å²) in [6.07, 6.45) is 1.76. The molecule has 112 valence electrons. The van der Waals surface area contributed by atoms with E-state index in [1.807, 2.05) is 35.9 Å². The van der Waals surface area contributed by atoms with E-state index in [4.69, 9.17) is 4.74 Å². The van der Waals surface area contributed by atoms with E-state index in [0.717, 1.165) is 10.9 Å². The molecule has 2 aromatic rings. The Morgan fingerprint density at radius 2 is 1.90 bits per heavy atom. The maximum atomic E-state index is 12.2. The number of ether oxygens (including phenoxy) is 1. The van der Waals surface area contributed by atoms with Crippen LogP contribution in [-0.2, 0) is 16.6 Å². The molecular weight excluding hydrogens is 268 g/mol. The monoisotopic (exact) mass is 288 g/mol. The number of rotatable bonds is 3. The van der Waals surface area contributed by atoms with E-state index in [1.165, 1.54) is 0 Å². The van der Waals surface area contributed by atoms with Crippen LogP contribution in [0, 0.1) is 0 Å². The molecule has 1 aromatic heterocycles. The molecule has 1 N–H and O–H groups in total. The van der Waals surface area contributed by atoms with Gasteiger partial charge in [0.1, 0.15) is 12.1 Å². The van der Waals surface area contributed by atoms with Crippen LogP contribution in [0.5, 0.6) is 0 Å². The Hall–Kier alpha value is -2.30. The van der Waals surface area contributed by atoms with E-state index in [0.29, 0.717) is 5.56 Å². The molecule has 0 aliphatic carbocycles. The number of nitrogens with one attached hydrogen (secondary N) is 1. The fraction of sp³-hybridized carbons (Fsp3) is 0.375. The Balaban J connectivity index is 2.08. The van der Waals surface area contributed by atoms with Crippen LogP contribution in [0.1, 0.15) is 31.1 Å². The number of nitrogens with zero attached hydrogens (tertiary/aromatic N) is 1. The summed E-state index contributed by atoms with van der Waals surface area (Å²) in [4.78, 5) is 23.8. The molecule has 0 saturated carbocycles. The number of benzene rings is 1. The molecule has 0 aliphatic heterocycles. The lowest BCUT2D eigenvalue weighted by atomic mass is 10.1. The molecule has 0 saturated heterocycles. The number of carbonyl (C=O) groups excluding carboxylic acids is 2. The molecule has 0 fully saturated rings. The van der Waals surface area contributed by atoms with E-state index in [2.05, 4.69) is 5.32 Å². The van der Waals surface area contributed by atoms with Gasteiger partial charge in [0.25, 0.3) is 5.91 Å². The molecular formula is C16H20N2O3. The molecule has 0 unspecified atom stereocenters. The molecule has 0 atom stereocenters. The van der Waals surface area contributed by atoms with Crippen molar-refractivity contribution in [3.05, 3.63) is 36.0 Å². The summed E-state index contributed by atoms with van der Waals surface area (Å²) in [5.74, 6) is -0.728. The van der Waals surface area contributed by atoms with Crippen molar-refractivity contribution in [2.75, 3.05) is 6.54 Å². The third kappa shape index (κ3) is 3.62. The van der Waals surface area contributed by atoms with Gasteiger partial charge in [-0.3, -0.25) is 9.59 Å². The minimum Gasteiger partial charge on any atom is -0.459 e. The topological polar surface area (TPSA) is 60.3 Å². The van der Waals surface area contributed by atoms with Crippen molar-refractivity contribution >= 4 is 22.8 Å². The summed E-state index contributed by atoms with van der Waals surface area (Å²) in [5, 5.41) is 3.46. The lowest BCUT2D eigenvalue weighted by Gasteiger charge is -2.19. The van der Waals surface area contributed by atoms with Crippen molar-refractivity contribution in [2.24, 2.45) is 7.05 Å². The second kappa shape index (κ2) is 5.60. The van der Waals surface area contributed by atoms with Gasteiger partial charge in [-0.25, -0.2) is 0 Å². The fourth-order valence-corrected chi connectivity index (χ4v) is 2.15. The number of aryl methyl sites for hydroxylation is 1. The largest absolute Gasteiger partial charge is 0.459 e. The Morgan fingerprint density at radius 1 is 1.24 bits per heavy atom. The standard InChI is InChI=1S/C16H20N2O3/c1-16(2,3)21-14(19)9-17-15(20)12-10-18(4)13-8-6-5-7-11(12)13/h5-8,10H,9H2,1-4H3,(H,17,20). The van der Waals surface area contributed by atoms with Gasteiger partial charge in [-0.2, -0.15) is 0 Å². The normalized spacial score (nSPS) is 11.4. The zero-order valence-corrected chi connectivity index (χ0v) is 12.8. The average molecular weight is 288 g/mol. The third-order valence-corrected chi connectivity index (χ3v) is 2.95. The van der Waals surface area contributed by atoms with Crippen LogP contribution in [0.3, 0.4) is 0 Å². The molecule has 0 bridgehead atoms. The number of esters is 1. The van der Waals surface area contributed by atoms with Crippen molar-refractivity contribution in [2.45, 2.75) is 26.4 Å². The van der Waals surface area contributed by atoms with Gasteiger partial charge in [-0.15, -0.1) is 0 Å². The number of amides is 1. The van der Waals surface area contributed by atoms with Gasteiger partial charge < -0.3 is 14.6 Å². The zero-order chi connectivity index (χ0) is 15.6. The number of para-hydroxylation sites is 1. The van der Waals surface area contributed by atoms with Crippen LogP contribution in [0.4, 0.5) is 0 Å². The van der Waals surface area contributed by atoms with Crippen molar-refractivity contribution in [1.29, 1.82) is 0 Å². The predicted octanol–water partition coefficient (Wildman–Crippen LogP) is 2.25. The van der Waals surface area contributed by atoms with Crippen LogP contribution in [0.15, 0.2) is 30.5 Å².